The molecule has 3 aromatic rings. The highest BCUT2D eigenvalue weighted by Crippen LogP contribution is 2.22. The molecule has 5 heteroatoms. The molecule has 3 rings (SSSR count). The van der Waals surface area contributed by atoms with Gasteiger partial charge in [0.15, 0.2) is 0 Å². The van der Waals surface area contributed by atoms with Crippen LogP contribution in [0.15, 0.2) is 60.5 Å². The second kappa shape index (κ2) is 7.35. The second-order valence-corrected chi connectivity index (χ2v) is 7.03. The van der Waals surface area contributed by atoms with Crippen LogP contribution in [-0.4, -0.2) is 22.3 Å². The summed E-state index contributed by atoms with van der Waals surface area (Å²) >= 11 is 3.23. The number of aromatic nitrogens is 1. The molecular formula is C18H16N2OS2. The predicted molar refractivity (Wildman–Crippen MR) is 98.6 cm³/mol. The highest BCUT2D eigenvalue weighted by Gasteiger charge is 2.10. The van der Waals surface area contributed by atoms with Crippen molar-refractivity contribution in [2.45, 2.75) is 6.54 Å². The summed E-state index contributed by atoms with van der Waals surface area (Å²) in [7, 11) is 0. The molecule has 0 atom stereocenters. The summed E-state index contributed by atoms with van der Waals surface area (Å²) in [5.41, 5.74) is 0.964. The van der Waals surface area contributed by atoms with E-state index < -0.39 is 0 Å². The van der Waals surface area contributed by atoms with Crippen LogP contribution in [0.4, 0.5) is 0 Å². The number of fused-ring (bicyclic) bond motifs is 1. The van der Waals surface area contributed by atoms with E-state index in [-0.39, 0.29) is 5.91 Å². The van der Waals surface area contributed by atoms with Crippen molar-refractivity contribution in [2.75, 3.05) is 6.54 Å². The topological polar surface area (TPSA) is 33.2 Å². The summed E-state index contributed by atoms with van der Waals surface area (Å²) in [6.07, 6.45) is 5.13. The Hall–Kier alpha value is -2.24. The van der Waals surface area contributed by atoms with Crippen LogP contribution in [0.3, 0.4) is 0 Å². The van der Waals surface area contributed by atoms with Gasteiger partial charge in [-0.05, 0) is 29.7 Å². The van der Waals surface area contributed by atoms with Crippen LogP contribution in [0, 0.1) is 0 Å². The summed E-state index contributed by atoms with van der Waals surface area (Å²) in [4.78, 5) is 19.9. The van der Waals surface area contributed by atoms with Crippen LogP contribution < -0.4 is 0 Å². The van der Waals surface area contributed by atoms with Gasteiger partial charge in [-0.15, -0.1) is 29.3 Å². The van der Waals surface area contributed by atoms with Crippen LogP contribution in [-0.2, 0) is 11.3 Å². The number of para-hydroxylation sites is 1. The molecule has 23 heavy (non-hydrogen) atoms. The fourth-order valence-corrected chi connectivity index (χ4v) is 3.78. The van der Waals surface area contributed by atoms with Crippen molar-refractivity contribution < 1.29 is 4.79 Å². The molecule has 0 unspecified atom stereocenters. The Labute approximate surface area is 143 Å². The van der Waals surface area contributed by atoms with Crippen molar-refractivity contribution in [3.63, 3.8) is 0 Å². The minimum Gasteiger partial charge on any atom is -0.330 e. The van der Waals surface area contributed by atoms with E-state index in [0.717, 1.165) is 20.1 Å². The molecule has 116 valence electrons. The maximum absolute atomic E-state index is 12.4. The van der Waals surface area contributed by atoms with E-state index in [9.17, 15) is 4.79 Å². The van der Waals surface area contributed by atoms with Gasteiger partial charge in [0.1, 0.15) is 5.01 Å². The number of benzene rings is 1. The Kier molecular flexibility index (Phi) is 5.00. The summed E-state index contributed by atoms with van der Waals surface area (Å²) in [6, 6.07) is 12.0. The molecule has 0 spiro atoms. The van der Waals surface area contributed by atoms with Crippen molar-refractivity contribution in [1.29, 1.82) is 0 Å². The van der Waals surface area contributed by atoms with E-state index in [1.807, 2.05) is 41.8 Å². The van der Waals surface area contributed by atoms with Crippen LogP contribution >= 0.6 is 22.7 Å². The van der Waals surface area contributed by atoms with Gasteiger partial charge in [0.05, 0.1) is 16.8 Å². The lowest BCUT2D eigenvalue weighted by atomic mass is 10.3. The Morgan fingerprint density at radius 3 is 2.87 bits per heavy atom. The SMILES string of the molecule is C=CCN(Cc1cccs1)C(=O)/C=C/c1nc2ccccc2s1. The van der Waals surface area contributed by atoms with Crippen LogP contribution in [0.2, 0.25) is 0 Å². The molecule has 2 aromatic heterocycles. The summed E-state index contributed by atoms with van der Waals surface area (Å²) in [5, 5.41) is 2.86. The predicted octanol–water partition coefficient (Wildman–Crippen LogP) is 4.59. The molecule has 1 amide bonds. The number of thiophene rings is 1. The first-order valence-corrected chi connectivity index (χ1v) is 8.92. The first-order chi connectivity index (χ1) is 11.3. The van der Waals surface area contributed by atoms with Crippen LogP contribution in [0.25, 0.3) is 16.3 Å². The molecule has 3 nitrogen and oxygen atoms in total. The van der Waals surface area contributed by atoms with Gasteiger partial charge in [-0.3, -0.25) is 4.79 Å². The highest BCUT2D eigenvalue weighted by atomic mass is 32.1. The number of amides is 1. The molecule has 2 heterocycles. The van der Waals surface area contributed by atoms with Gasteiger partial charge in [0, 0.05) is 17.5 Å². The molecule has 0 saturated carbocycles. The summed E-state index contributed by atoms with van der Waals surface area (Å²) in [5.74, 6) is -0.0300. The Balaban J connectivity index is 1.73. The number of hydrogen-bond donors (Lipinski definition) is 0. The minimum atomic E-state index is -0.0300. The van der Waals surface area contributed by atoms with E-state index in [4.69, 9.17) is 0 Å². The molecule has 1 aromatic carbocycles. The monoisotopic (exact) mass is 340 g/mol. The van der Waals surface area contributed by atoms with Crippen molar-refractivity contribution in [1.82, 2.24) is 9.88 Å². The molecule has 0 fully saturated rings. The van der Waals surface area contributed by atoms with Gasteiger partial charge in [0.2, 0.25) is 5.91 Å². The number of rotatable bonds is 6. The third-order valence-electron chi connectivity index (χ3n) is 3.27. The van der Waals surface area contributed by atoms with Gasteiger partial charge < -0.3 is 4.90 Å². The fraction of sp³-hybridized carbons (Fsp3) is 0.111. The standard InChI is InChI=1S/C18H16N2OS2/c1-2-11-20(13-14-6-5-12-22-14)18(21)10-9-17-19-15-7-3-4-8-16(15)23-17/h2-10,12H,1,11,13H2/b10-9+. The molecule has 0 aliphatic rings. The minimum absolute atomic E-state index is 0.0300. The van der Waals surface area contributed by atoms with E-state index >= 15 is 0 Å². The molecule has 0 N–H and O–H groups in total. The molecule has 0 saturated heterocycles. The van der Waals surface area contributed by atoms with Gasteiger partial charge in [0.25, 0.3) is 0 Å². The largest absolute Gasteiger partial charge is 0.330 e. The molecule has 0 radical (unpaired) electrons. The van der Waals surface area contributed by atoms with E-state index in [2.05, 4.69) is 11.6 Å². The van der Waals surface area contributed by atoms with Gasteiger partial charge in [-0.1, -0.05) is 24.3 Å². The fourth-order valence-electron chi connectivity index (χ4n) is 2.19. The zero-order chi connectivity index (χ0) is 16.1. The summed E-state index contributed by atoms with van der Waals surface area (Å²) in [6.45, 7) is 4.87. The van der Waals surface area contributed by atoms with Crippen molar-refractivity contribution in [3.05, 3.63) is 70.4 Å². The first kappa shape index (κ1) is 15.6. The number of carbonyl (C=O) groups is 1. The Morgan fingerprint density at radius 2 is 2.13 bits per heavy atom. The smallest absolute Gasteiger partial charge is 0.247 e. The number of nitrogens with zero attached hydrogens (tertiary/aromatic N) is 2. The van der Waals surface area contributed by atoms with Crippen molar-refractivity contribution in [2.24, 2.45) is 0 Å². The van der Waals surface area contributed by atoms with Gasteiger partial charge >= 0.3 is 0 Å². The summed E-state index contributed by atoms with van der Waals surface area (Å²) < 4.78 is 1.13. The average Bonchev–Trinajstić information content (AvgIpc) is 3.21. The quantitative estimate of drug-likeness (QED) is 0.486. The van der Waals surface area contributed by atoms with E-state index in [1.54, 1.807) is 45.8 Å². The molecule has 0 aliphatic heterocycles. The van der Waals surface area contributed by atoms with E-state index in [0.29, 0.717) is 13.1 Å². The number of hydrogen-bond acceptors (Lipinski definition) is 4. The second-order valence-electron chi connectivity index (χ2n) is 4.94. The molecule has 0 aliphatic carbocycles. The maximum atomic E-state index is 12.4. The molecule has 0 bridgehead atoms. The third kappa shape index (κ3) is 3.94. The van der Waals surface area contributed by atoms with Crippen molar-refractivity contribution >= 4 is 44.9 Å². The number of thiazole rings is 1. The lowest BCUT2D eigenvalue weighted by molar-refractivity contribution is -0.126. The highest BCUT2D eigenvalue weighted by molar-refractivity contribution is 7.19. The van der Waals surface area contributed by atoms with Crippen LogP contribution in [0.1, 0.15) is 9.88 Å². The lowest BCUT2D eigenvalue weighted by Gasteiger charge is -2.18. The Morgan fingerprint density at radius 1 is 1.26 bits per heavy atom. The van der Waals surface area contributed by atoms with Gasteiger partial charge in [-0.25, -0.2) is 4.98 Å². The maximum Gasteiger partial charge on any atom is 0.247 e. The van der Waals surface area contributed by atoms with Crippen LogP contribution in [0.5, 0.6) is 0 Å². The lowest BCUT2D eigenvalue weighted by Crippen LogP contribution is -2.28. The normalized spacial score (nSPS) is 11.1. The zero-order valence-corrected chi connectivity index (χ0v) is 14.1. The van der Waals surface area contributed by atoms with Gasteiger partial charge in [-0.2, -0.15) is 0 Å². The third-order valence-corrected chi connectivity index (χ3v) is 5.13. The zero-order valence-electron chi connectivity index (χ0n) is 12.5. The Bertz CT molecular complexity index is 801. The number of carbonyl (C=O) groups excluding carboxylic acids is 1. The van der Waals surface area contributed by atoms with Crippen molar-refractivity contribution in [3.8, 4) is 0 Å². The first-order valence-electron chi connectivity index (χ1n) is 7.22. The van der Waals surface area contributed by atoms with E-state index in [1.165, 1.54) is 0 Å². The average molecular weight is 340 g/mol. The molecular weight excluding hydrogens is 324 g/mol.